The van der Waals surface area contributed by atoms with Crippen molar-refractivity contribution >= 4 is 11.9 Å². The van der Waals surface area contributed by atoms with Gasteiger partial charge >= 0.3 is 11.9 Å². The van der Waals surface area contributed by atoms with Crippen molar-refractivity contribution in [1.29, 1.82) is 0 Å². The van der Waals surface area contributed by atoms with Crippen molar-refractivity contribution in [3.63, 3.8) is 0 Å². The van der Waals surface area contributed by atoms with Crippen molar-refractivity contribution in [2.45, 2.75) is 58.3 Å². The summed E-state index contributed by atoms with van der Waals surface area (Å²) < 4.78 is 5.01. The molecule has 2 aliphatic carbocycles. The second-order valence-corrected chi connectivity index (χ2v) is 5.98. The van der Waals surface area contributed by atoms with Gasteiger partial charge in [0.1, 0.15) is 0 Å². The van der Waals surface area contributed by atoms with Crippen LogP contribution in [0, 0.1) is 16.7 Å². The third-order valence-corrected chi connectivity index (χ3v) is 5.42. The molecular formula is C14H20O3. The predicted octanol–water partition coefficient (Wildman–Crippen LogP) is 2.83. The summed E-state index contributed by atoms with van der Waals surface area (Å²) in [5, 5.41) is 0. The second-order valence-electron chi connectivity index (χ2n) is 5.98. The molecule has 1 heterocycles. The quantitative estimate of drug-likeness (QED) is 0.559. The fourth-order valence-electron chi connectivity index (χ4n) is 4.54. The summed E-state index contributed by atoms with van der Waals surface area (Å²) in [6, 6.07) is 0. The summed E-state index contributed by atoms with van der Waals surface area (Å²) in [6.07, 6.45) is 8.20. The third kappa shape index (κ3) is 1.13. The number of cyclic esters (lactones) is 2. The van der Waals surface area contributed by atoms with Gasteiger partial charge in [0.15, 0.2) is 0 Å². The standard InChI is InChI=1S/C14H20O3/c1-2-3-6-10-9-13-7-4-5-8-14(10,13)12(16)17-11(13)15/h10H,2-9H2,1H3. The first kappa shape index (κ1) is 11.2. The number of hydrogen-bond acceptors (Lipinski definition) is 3. The molecular weight excluding hydrogens is 216 g/mol. The van der Waals surface area contributed by atoms with Crippen molar-refractivity contribution in [2.75, 3.05) is 0 Å². The van der Waals surface area contributed by atoms with Gasteiger partial charge in [0, 0.05) is 0 Å². The molecule has 3 atom stereocenters. The minimum Gasteiger partial charge on any atom is -0.392 e. The van der Waals surface area contributed by atoms with Crippen LogP contribution in [0.25, 0.3) is 0 Å². The van der Waals surface area contributed by atoms with Gasteiger partial charge in [-0.25, -0.2) is 0 Å². The van der Waals surface area contributed by atoms with Crippen LogP contribution in [-0.4, -0.2) is 11.9 Å². The number of carbonyl (C=O) groups is 2. The Hall–Kier alpha value is -0.860. The summed E-state index contributed by atoms with van der Waals surface area (Å²) in [5.74, 6) is -0.00815. The SMILES string of the molecule is CCCCC1CC23CCCCC12C(=O)OC3=O. The zero-order chi connectivity index (χ0) is 12.1. The molecule has 3 aliphatic rings. The molecule has 3 heteroatoms. The molecule has 0 aromatic rings. The summed E-state index contributed by atoms with van der Waals surface area (Å²) in [7, 11) is 0. The molecule has 0 radical (unpaired) electrons. The summed E-state index contributed by atoms with van der Waals surface area (Å²) in [5.41, 5.74) is -0.807. The summed E-state index contributed by atoms with van der Waals surface area (Å²) in [6.45, 7) is 2.17. The van der Waals surface area contributed by atoms with E-state index in [1.807, 2.05) is 0 Å². The molecule has 1 aliphatic heterocycles. The van der Waals surface area contributed by atoms with Gasteiger partial charge in [-0.1, -0.05) is 32.6 Å². The molecule has 0 bridgehead atoms. The molecule has 2 saturated carbocycles. The van der Waals surface area contributed by atoms with Crippen LogP contribution in [0.15, 0.2) is 0 Å². The van der Waals surface area contributed by atoms with Gasteiger partial charge in [-0.2, -0.15) is 0 Å². The lowest BCUT2D eigenvalue weighted by molar-refractivity contribution is -0.178. The van der Waals surface area contributed by atoms with Crippen LogP contribution in [-0.2, 0) is 14.3 Å². The van der Waals surface area contributed by atoms with E-state index in [0.29, 0.717) is 5.92 Å². The molecule has 0 aromatic carbocycles. The van der Waals surface area contributed by atoms with E-state index in [1.165, 1.54) is 0 Å². The fraction of sp³-hybridized carbons (Fsp3) is 0.857. The molecule has 3 unspecified atom stereocenters. The maximum Gasteiger partial charge on any atom is 0.321 e. The minimum absolute atomic E-state index is 0.199. The number of unbranched alkanes of at least 4 members (excludes halogenated alkanes) is 1. The molecule has 3 rings (SSSR count). The summed E-state index contributed by atoms with van der Waals surface area (Å²) >= 11 is 0. The second kappa shape index (κ2) is 3.56. The molecule has 1 saturated heterocycles. The maximum absolute atomic E-state index is 12.1. The van der Waals surface area contributed by atoms with Crippen LogP contribution in [0.2, 0.25) is 0 Å². The number of rotatable bonds is 3. The van der Waals surface area contributed by atoms with Crippen LogP contribution in [0.5, 0.6) is 0 Å². The van der Waals surface area contributed by atoms with E-state index in [-0.39, 0.29) is 11.9 Å². The Kier molecular flexibility index (Phi) is 2.36. The van der Waals surface area contributed by atoms with Gasteiger partial charge in [-0.05, 0) is 31.6 Å². The van der Waals surface area contributed by atoms with E-state index in [9.17, 15) is 9.59 Å². The lowest BCUT2D eigenvalue weighted by atomic mass is 9.39. The highest BCUT2D eigenvalue weighted by Crippen LogP contribution is 2.72. The lowest BCUT2D eigenvalue weighted by Gasteiger charge is -2.58. The zero-order valence-electron chi connectivity index (χ0n) is 10.5. The van der Waals surface area contributed by atoms with Crippen LogP contribution in [0.4, 0.5) is 0 Å². The largest absolute Gasteiger partial charge is 0.392 e. The highest BCUT2D eigenvalue weighted by atomic mass is 16.6. The Morgan fingerprint density at radius 3 is 2.76 bits per heavy atom. The van der Waals surface area contributed by atoms with E-state index in [4.69, 9.17) is 4.74 Å². The zero-order valence-corrected chi connectivity index (χ0v) is 10.5. The maximum atomic E-state index is 12.1. The van der Waals surface area contributed by atoms with Crippen molar-refractivity contribution < 1.29 is 14.3 Å². The van der Waals surface area contributed by atoms with Gasteiger partial charge in [-0.3, -0.25) is 9.59 Å². The minimum atomic E-state index is -0.405. The van der Waals surface area contributed by atoms with E-state index in [1.54, 1.807) is 0 Å². The Balaban J connectivity index is 1.91. The number of ether oxygens (including phenoxy) is 1. The highest BCUT2D eigenvalue weighted by molar-refractivity contribution is 6.04. The van der Waals surface area contributed by atoms with E-state index >= 15 is 0 Å². The average Bonchev–Trinajstić information content (AvgIpc) is 2.47. The molecule has 3 nitrogen and oxygen atoms in total. The smallest absolute Gasteiger partial charge is 0.321 e. The Labute approximate surface area is 102 Å². The van der Waals surface area contributed by atoms with Gasteiger partial charge in [0.05, 0.1) is 10.8 Å². The normalized spacial score (nSPS) is 43.7. The lowest BCUT2D eigenvalue weighted by Crippen LogP contribution is -2.61. The Morgan fingerprint density at radius 2 is 2.00 bits per heavy atom. The third-order valence-electron chi connectivity index (χ3n) is 5.42. The fourth-order valence-corrected chi connectivity index (χ4v) is 4.54. The van der Waals surface area contributed by atoms with E-state index < -0.39 is 10.8 Å². The monoisotopic (exact) mass is 236 g/mol. The van der Waals surface area contributed by atoms with Gasteiger partial charge < -0.3 is 4.74 Å². The molecule has 0 spiro atoms. The molecule has 94 valence electrons. The van der Waals surface area contributed by atoms with Crippen LogP contribution < -0.4 is 0 Å². The first-order valence-corrected chi connectivity index (χ1v) is 6.94. The molecule has 17 heavy (non-hydrogen) atoms. The van der Waals surface area contributed by atoms with Crippen LogP contribution >= 0.6 is 0 Å². The van der Waals surface area contributed by atoms with Gasteiger partial charge in [0.25, 0.3) is 0 Å². The molecule has 3 fully saturated rings. The summed E-state index contributed by atoms with van der Waals surface area (Å²) in [4.78, 5) is 24.1. The van der Waals surface area contributed by atoms with Crippen molar-refractivity contribution in [2.24, 2.45) is 16.7 Å². The Bertz CT molecular complexity index is 376. The molecule has 0 amide bonds. The average molecular weight is 236 g/mol. The van der Waals surface area contributed by atoms with E-state index in [0.717, 1.165) is 51.4 Å². The van der Waals surface area contributed by atoms with Crippen molar-refractivity contribution in [1.82, 2.24) is 0 Å². The van der Waals surface area contributed by atoms with Crippen molar-refractivity contribution in [3.8, 4) is 0 Å². The number of hydrogen-bond donors (Lipinski definition) is 0. The first-order chi connectivity index (χ1) is 8.17. The highest BCUT2D eigenvalue weighted by Gasteiger charge is 2.78. The van der Waals surface area contributed by atoms with Crippen LogP contribution in [0.3, 0.4) is 0 Å². The molecule has 0 aromatic heterocycles. The van der Waals surface area contributed by atoms with E-state index in [2.05, 4.69) is 6.92 Å². The van der Waals surface area contributed by atoms with Gasteiger partial charge in [-0.15, -0.1) is 0 Å². The van der Waals surface area contributed by atoms with Gasteiger partial charge in [0.2, 0.25) is 0 Å². The predicted molar refractivity (Wildman–Crippen MR) is 62.1 cm³/mol. The Morgan fingerprint density at radius 1 is 1.24 bits per heavy atom. The number of esters is 2. The topological polar surface area (TPSA) is 43.4 Å². The van der Waals surface area contributed by atoms with Crippen molar-refractivity contribution in [3.05, 3.63) is 0 Å². The first-order valence-electron chi connectivity index (χ1n) is 6.94. The number of carbonyl (C=O) groups excluding carboxylic acids is 2. The van der Waals surface area contributed by atoms with Crippen LogP contribution in [0.1, 0.15) is 58.3 Å². The molecule has 0 N–H and O–H groups in total.